The van der Waals surface area contributed by atoms with Gasteiger partial charge in [-0.05, 0) is 55.3 Å². The molecule has 0 saturated heterocycles. The Bertz CT molecular complexity index is 780. The van der Waals surface area contributed by atoms with Gasteiger partial charge in [0.15, 0.2) is 18.1 Å². The standard InChI is InChI=1S/C18H17NO5/c1-11-5-12(2)7-14(6-11)19-17(20)9-22-18(21)13-3-4-15-16(8-13)24-10-23-15/h3-8H,9-10H2,1-2H3,(H,19,20). The molecule has 24 heavy (non-hydrogen) atoms. The van der Waals surface area contributed by atoms with Gasteiger partial charge in [-0.2, -0.15) is 0 Å². The van der Waals surface area contributed by atoms with Crippen molar-refractivity contribution in [1.82, 2.24) is 0 Å². The molecule has 0 saturated carbocycles. The number of hydrogen-bond donors (Lipinski definition) is 1. The number of aryl methyl sites for hydroxylation is 2. The summed E-state index contributed by atoms with van der Waals surface area (Å²) in [7, 11) is 0. The second-order valence-corrected chi connectivity index (χ2v) is 5.57. The molecule has 1 aliphatic heterocycles. The highest BCUT2D eigenvalue weighted by Gasteiger charge is 2.17. The summed E-state index contributed by atoms with van der Waals surface area (Å²) in [4.78, 5) is 23.9. The van der Waals surface area contributed by atoms with Crippen LogP contribution in [0.25, 0.3) is 0 Å². The molecule has 2 aromatic carbocycles. The van der Waals surface area contributed by atoms with Crippen molar-refractivity contribution in [1.29, 1.82) is 0 Å². The van der Waals surface area contributed by atoms with Gasteiger partial charge in [0.25, 0.3) is 5.91 Å². The van der Waals surface area contributed by atoms with Crippen molar-refractivity contribution in [3.05, 3.63) is 53.1 Å². The summed E-state index contributed by atoms with van der Waals surface area (Å²) in [5.41, 5.74) is 3.07. The summed E-state index contributed by atoms with van der Waals surface area (Å²) >= 11 is 0. The van der Waals surface area contributed by atoms with E-state index in [-0.39, 0.29) is 13.4 Å². The zero-order valence-corrected chi connectivity index (χ0v) is 13.4. The summed E-state index contributed by atoms with van der Waals surface area (Å²) in [5.74, 6) is 0.0845. The van der Waals surface area contributed by atoms with Crippen molar-refractivity contribution in [3.63, 3.8) is 0 Å². The summed E-state index contributed by atoms with van der Waals surface area (Å²) in [6, 6.07) is 10.4. The number of ether oxygens (including phenoxy) is 3. The van der Waals surface area contributed by atoms with Crippen LogP contribution in [-0.2, 0) is 9.53 Å². The predicted molar refractivity (Wildman–Crippen MR) is 87.4 cm³/mol. The maximum atomic E-state index is 12.0. The fourth-order valence-corrected chi connectivity index (χ4v) is 2.48. The predicted octanol–water partition coefficient (Wildman–Crippen LogP) is 2.83. The zero-order valence-electron chi connectivity index (χ0n) is 13.4. The van der Waals surface area contributed by atoms with Crippen LogP contribution in [0.1, 0.15) is 21.5 Å². The summed E-state index contributed by atoms with van der Waals surface area (Å²) < 4.78 is 15.4. The molecule has 0 aliphatic carbocycles. The van der Waals surface area contributed by atoms with Crippen molar-refractivity contribution >= 4 is 17.6 Å². The van der Waals surface area contributed by atoms with Gasteiger partial charge in [0.1, 0.15) is 0 Å². The second-order valence-electron chi connectivity index (χ2n) is 5.57. The Morgan fingerprint density at radius 1 is 1.04 bits per heavy atom. The largest absolute Gasteiger partial charge is 0.454 e. The fraction of sp³-hybridized carbons (Fsp3) is 0.222. The average Bonchev–Trinajstić information content (AvgIpc) is 2.99. The van der Waals surface area contributed by atoms with E-state index >= 15 is 0 Å². The lowest BCUT2D eigenvalue weighted by molar-refractivity contribution is -0.119. The first-order chi connectivity index (χ1) is 11.5. The van der Waals surface area contributed by atoms with Gasteiger partial charge in [-0.3, -0.25) is 4.79 Å². The Morgan fingerprint density at radius 2 is 1.75 bits per heavy atom. The number of nitrogens with one attached hydrogen (secondary N) is 1. The third kappa shape index (κ3) is 3.65. The summed E-state index contributed by atoms with van der Waals surface area (Å²) in [6.07, 6.45) is 0. The minimum atomic E-state index is -0.594. The molecule has 6 heteroatoms. The quantitative estimate of drug-likeness (QED) is 0.874. The molecule has 0 bridgehead atoms. The Hall–Kier alpha value is -3.02. The summed E-state index contributed by atoms with van der Waals surface area (Å²) in [5, 5.41) is 2.71. The van der Waals surface area contributed by atoms with Crippen LogP contribution < -0.4 is 14.8 Å². The molecule has 0 fully saturated rings. The number of carbonyl (C=O) groups is 2. The first kappa shape index (κ1) is 15.9. The van der Waals surface area contributed by atoms with Crippen LogP contribution in [0.2, 0.25) is 0 Å². The molecular weight excluding hydrogens is 310 g/mol. The number of hydrogen-bond acceptors (Lipinski definition) is 5. The van der Waals surface area contributed by atoms with E-state index in [2.05, 4.69) is 5.32 Å². The average molecular weight is 327 g/mol. The minimum absolute atomic E-state index is 0.131. The molecule has 1 aliphatic rings. The molecule has 3 rings (SSSR count). The van der Waals surface area contributed by atoms with E-state index in [0.29, 0.717) is 22.7 Å². The van der Waals surface area contributed by atoms with Crippen LogP contribution in [0.4, 0.5) is 5.69 Å². The third-order valence-electron chi connectivity index (χ3n) is 3.45. The number of rotatable bonds is 4. The maximum Gasteiger partial charge on any atom is 0.338 e. The highest BCUT2D eigenvalue weighted by atomic mass is 16.7. The molecular formula is C18H17NO5. The lowest BCUT2D eigenvalue weighted by atomic mass is 10.1. The topological polar surface area (TPSA) is 73.9 Å². The Labute approximate surface area is 139 Å². The van der Waals surface area contributed by atoms with E-state index in [0.717, 1.165) is 11.1 Å². The van der Waals surface area contributed by atoms with Gasteiger partial charge >= 0.3 is 5.97 Å². The van der Waals surface area contributed by atoms with Gasteiger partial charge in [0.2, 0.25) is 6.79 Å². The van der Waals surface area contributed by atoms with Crippen molar-refractivity contribution in [2.75, 3.05) is 18.7 Å². The molecule has 0 aromatic heterocycles. The summed E-state index contributed by atoms with van der Waals surface area (Å²) in [6.45, 7) is 3.66. The number of esters is 1. The number of fused-ring (bicyclic) bond motifs is 1. The molecule has 1 heterocycles. The number of amides is 1. The van der Waals surface area contributed by atoms with Crippen molar-refractivity contribution in [2.24, 2.45) is 0 Å². The van der Waals surface area contributed by atoms with Crippen molar-refractivity contribution in [3.8, 4) is 11.5 Å². The Balaban J connectivity index is 1.56. The third-order valence-corrected chi connectivity index (χ3v) is 3.45. The van der Waals surface area contributed by atoms with E-state index in [4.69, 9.17) is 14.2 Å². The van der Waals surface area contributed by atoms with Crippen molar-refractivity contribution < 1.29 is 23.8 Å². The van der Waals surface area contributed by atoms with Crippen LogP contribution in [0.15, 0.2) is 36.4 Å². The molecule has 0 unspecified atom stereocenters. The van der Waals surface area contributed by atoms with Gasteiger partial charge in [0.05, 0.1) is 5.56 Å². The van der Waals surface area contributed by atoms with Gasteiger partial charge < -0.3 is 19.5 Å². The molecule has 2 aromatic rings. The number of benzene rings is 2. The lowest BCUT2D eigenvalue weighted by Crippen LogP contribution is -2.21. The monoisotopic (exact) mass is 327 g/mol. The van der Waals surface area contributed by atoms with Gasteiger partial charge in [0, 0.05) is 5.69 Å². The molecule has 124 valence electrons. The van der Waals surface area contributed by atoms with E-state index in [1.54, 1.807) is 12.1 Å². The smallest absolute Gasteiger partial charge is 0.338 e. The maximum absolute atomic E-state index is 12.0. The van der Waals surface area contributed by atoms with Gasteiger partial charge in [-0.15, -0.1) is 0 Å². The lowest BCUT2D eigenvalue weighted by Gasteiger charge is -2.08. The van der Waals surface area contributed by atoms with Gasteiger partial charge in [-0.25, -0.2) is 4.79 Å². The minimum Gasteiger partial charge on any atom is -0.454 e. The van der Waals surface area contributed by atoms with E-state index in [1.807, 2.05) is 32.0 Å². The molecule has 0 spiro atoms. The highest BCUT2D eigenvalue weighted by molar-refractivity contribution is 5.95. The first-order valence-electron chi connectivity index (χ1n) is 7.46. The SMILES string of the molecule is Cc1cc(C)cc(NC(=O)COC(=O)c2ccc3c(c2)OCO3)c1. The molecule has 0 atom stereocenters. The van der Waals surface area contributed by atoms with E-state index < -0.39 is 11.9 Å². The fourth-order valence-electron chi connectivity index (χ4n) is 2.48. The van der Waals surface area contributed by atoms with Crippen molar-refractivity contribution in [2.45, 2.75) is 13.8 Å². The molecule has 0 radical (unpaired) electrons. The van der Waals surface area contributed by atoms with Crippen LogP contribution in [0, 0.1) is 13.8 Å². The van der Waals surface area contributed by atoms with Gasteiger partial charge in [-0.1, -0.05) is 6.07 Å². The molecule has 6 nitrogen and oxygen atoms in total. The highest BCUT2D eigenvalue weighted by Crippen LogP contribution is 2.32. The van der Waals surface area contributed by atoms with Crippen LogP contribution in [0.3, 0.4) is 0 Å². The molecule has 1 amide bonds. The zero-order chi connectivity index (χ0) is 17.1. The van der Waals surface area contributed by atoms with Crippen LogP contribution >= 0.6 is 0 Å². The number of anilines is 1. The van der Waals surface area contributed by atoms with Crippen LogP contribution in [0.5, 0.6) is 11.5 Å². The Kier molecular flexibility index (Phi) is 4.37. The normalized spacial score (nSPS) is 11.9. The van der Waals surface area contributed by atoms with E-state index in [1.165, 1.54) is 6.07 Å². The first-order valence-corrected chi connectivity index (χ1v) is 7.46. The van der Waals surface area contributed by atoms with Crippen LogP contribution in [-0.4, -0.2) is 25.3 Å². The second kappa shape index (κ2) is 6.62. The number of carbonyl (C=O) groups excluding carboxylic acids is 2. The molecule has 1 N–H and O–H groups in total. The Morgan fingerprint density at radius 3 is 2.50 bits per heavy atom. The van der Waals surface area contributed by atoms with E-state index in [9.17, 15) is 9.59 Å².